The van der Waals surface area contributed by atoms with Crippen LogP contribution >= 0.6 is 0 Å². The van der Waals surface area contributed by atoms with Crippen LogP contribution in [0.5, 0.6) is 0 Å². The Kier molecular flexibility index (Phi) is 3.07. The Hall–Kier alpha value is -1.78. The summed E-state index contributed by atoms with van der Waals surface area (Å²) < 4.78 is 44.9. The number of carbonyl (C=O) groups excluding carboxylic acids is 1. The van der Waals surface area contributed by atoms with E-state index in [0.717, 1.165) is 0 Å². The topological polar surface area (TPSA) is 30.2 Å². The van der Waals surface area contributed by atoms with E-state index in [9.17, 15) is 18.0 Å². The molecule has 0 bridgehead atoms. The number of hydrogen-bond acceptors (Lipinski definition) is 2. The third kappa shape index (κ3) is 2.32. The fraction of sp³-hybridized carbons (Fsp3) is 0.400. The molecule has 1 aliphatic rings. The van der Waals surface area contributed by atoms with Crippen LogP contribution in [0, 0.1) is 11.7 Å². The minimum atomic E-state index is -2.67. The SMILES string of the molecule is O=C(c1cc2cccc(F)c2o1)C1CCC(F)(F)CC1. The number of hydrogen-bond donors (Lipinski definition) is 0. The Balaban J connectivity index is 1.84. The quantitative estimate of drug-likeness (QED) is 0.755. The summed E-state index contributed by atoms with van der Waals surface area (Å²) in [7, 11) is 0. The summed E-state index contributed by atoms with van der Waals surface area (Å²) in [6.45, 7) is 0. The van der Waals surface area contributed by atoms with Gasteiger partial charge in [-0.3, -0.25) is 4.79 Å². The zero-order chi connectivity index (χ0) is 14.3. The standard InChI is InChI=1S/C15H13F3O2/c16-11-3-1-2-10-8-12(20-14(10)11)13(19)9-4-6-15(17,18)7-5-9/h1-3,8-9H,4-7H2. The number of halogens is 3. The van der Waals surface area contributed by atoms with Crippen LogP contribution in [0.1, 0.15) is 36.2 Å². The number of benzene rings is 1. The molecular formula is C15H13F3O2. The Morgan fingerprint density at radius 3 is 2.60 bits per heavy atom. The van der Waals surface area contributed by atoms with Crippen LogP contribution in [0.4, 0.5) is 13.2 Å². The van der Waals surface area contributed by atoms with Crippen molar-refractivity contribution in [2.75, 3.05) is 0 Å². The summed E-state index contributed by atoms with van der Waals surface area (Å²) in [6, 6.07) is 5.91. The van der Waals surface area contributed by atoms with E-state index in [1.807, 2.05) is 0 Å². The molecule has 5 heteroatoms. The third-order valence-corrected chi connectivity index (χ3v) is 3.83. The lowest BCUT2D eigenvalue weighted by Crippen LogP contribution is -2.28. The highest BCUT2D eigenvalue weighted by Crippen LogP contribution is 2.38. The molecule has 0 amide bonds. The molecule has 1 fully saturated rings. The van der Waals surface area contributed by atoms with Gasteiger partial charge >= 0.3 is 0 Å². The van der Waals surface area contributed by atoms with Gasteiger partial charge in [0.05, 0.1) is 0 Å². The molecule has 106 valence electrons. The van der Waals surface area contributed by atoms with Crippen LogP contribution in [-0.4, -0.2) is 11.7 Å². The monoisotopic (exact) mass is 282 g/mol. The van der Waals surface area contributed by atoms with E-state index < -0.39 is 17.7 Å². The molecule has 1 aliphatic carbocycles. The van der Waals surface area contributed by atoms with Gasteiger partial charge < -0.3 is 4.42 Å². The highest BCUT2D eigenvalue weighted by atomic mass is 19.3. The lowest BCUT2D eigenvalue weighted by atomic mass is 9.83. The van der Waals surface area contributed by atoms with E-state index in [1.54, 1.807) is 6.07 Å². The number of furan rings is 1. The molecule has 0 radical (unpaired) electrons. The largest absolute Gasteiger partial charge is 0.450 e. The summed E-state index contributed by atoms with van der Waals surface area (Å²) in [5.41, 5.74) is 0.0389. The van der Waals surface area contributed by atoms with Crippen LogP contribution in [0.3, 0.4) is 0 Å². The second-order valence-electron chi connectivity index (χ2n) is 5.26. The lowest BCUT2D eigenvalue weighted by Gasteiger charge is -2.26. The molecule has 0 aliphatic heterocycles. The summed E-state index contributed by atoms with van der Waals surface area (Å²) in [4.78, 5) is 12.2. The van der Waals surface area contributed by atoms with Gasteiger partial charge in [-0.05, 0) is 25.0 Å². The molecule has 0 saturated heterocycles. The van der Waals surface area contributed by atoms with Gasteiger partial charge in [0.25, 0.3) is 0 Å². The van der Waals surface area contributed by atoms with Gasteiger partial charge in [0.2, 0.25) is 11.7 Å². The van der Waals surface area contributed by atoms with E-state index in [4.69, 9.17) is 4.42 Å². The second kappa shape index (κ2) is 4.65. The number of Topliss-reactive ketones (excluding diaryl/α,β-unsaturated/α-hetero) is 1. The van der Waals surface area contributed by atoms with Crippen LogP contribution in [0.2, 0.25) is 0 Å². The minimum Gasteiger partial charge on any atom is -0.450 e. The Bertz CT molecular complexity index is 650. The maximum atomic E-state index is 13.5. The van der Waals surface area contributed by atoms with Gasteiger partial charge in [0.1, 0.15) is 0 Å². The molecular weight excluding hydrogens is 269 g/mol. The van der Waals surface area contributed by atoms with Gasteiger partial charge in [-0.15, -0.1) is 0 Å². The van der Waals surface area contributed by atoms with Crippen LogP contribution < -0.4 is 0 Å². The Morgan fingerprint density at radius 1 is 1.25 bits per heavy atom. The van der Waals surface area contributed by atoms with E-state index in [2.05, 4.69) is 0 Å². The third-order valence-electron chi connectivity index (χ3n) is 3.83. The lowest BCUT2D eigenvalue weighted by molar-refractivity contribution is -0.0426. The van der Waals surface area contributed by atoms with Gasteiger partial charge in [-0.25, -0.2) is 13.2 Å². The van der Waals surface area contributed by atoms with Crippen molar-refractivity contribution < 1.29 is 22.4 Å². The van der Waals surface area contributed by atoms with Gasteiger partial charge in [-0.1, -0.05) is 12.1 Å². The molecule has 2 aromatic rings. The number of ketones is 1. The van der Waals surface area contributed by atoms with Crippen molar-refractivity contribution in [3.63, 3.8) is 0 Å². The maximum Gasteiger partial charge on any atom is 0.248 e. The van der Waals surface area contributed by atoms with E-state index in [-0.39, 0.29) is 42.8 Å². The van der Waals surface area contributed by atoms with Crippen LogP contribution in [-0.2, 0) is 0 Å². The summed E-state index contributed by atoms with van der Waals surface area (Å²) in [5.74, 6) is -3.91. The van der Waals surface area contributed by atoms with Crippen molar-refractivity contribution in [1.29, 1.82) is 0 Å². The fourth-order valence-corrected chi connectivity index (χ4v) is 2.65. The van der Waals surface area contributed by atoms with Crippen molar-refractivity contribution in [2.45, 2.75) is 31.6 Å². The number of alkyl halides is 2. The van der Waals surface area contributed by atoms with E-state index in [0.29, 0.717) is 5.39 Å². The first-order chi connectivity index (χ1) is 9.46. The van der Waals surface area contributed by atoms with Crippen molar-refractivity contribution in [2.24, 2.45) is 5.92 Å². The Labute approximate surface area is 113 Å². The fourth-order valence-electron chi connectivity index (χ4n) is 2.65. The van der Waals surface area contributed by atoms with Crippen LogP contribution in [0.25, 0.3) is 11.0 Å². The number of rotatable bonds is 2. The number of para-hydroxylation sites is 1. The minimum absolute atomic E-state index is 0.0389. The molecule has 3 rings (SSSR count). The highest BCUT2D eigenvalue weighted by Gasteiger charge is 2.38. The predicted octanol–water partition coefficient (Wildman–Crippen LogP) is 4.58. The maximum absolute atomic E-state index is 13.5. The molecule has 0 spiro atoms. The molecule has 0 atom stereocenters. The van der Waals surface area contributed by atoms with Crippen molar-refractivity contribution >= 4 is 16.8 Å². The highest BCUT2D eigenvalue weighted by molar-refractivity contribution is 5.99. The van der Waals surface area contributed by atoms with E-state index >= 15 is 0 Å². The zero-order valence-electron chi connectivity index (χ0n) is 10.7. The molecule has 1 aromatic heterocycles. The normalized spacial score (nSPS) is 19.4. The number of carbonyl (C=O) groups is 1. The summed E-state index contributed by atoms with van der Waals surface area (Å²) in [5, 5.41) is 0.509. The van der Waals surface area contributed by atoms with E-state index in [1.165, 1.54) is 18.2 Å². The van der Waals surface area contributed by atoms with Gasteiger partial charge in [-0.2, -0.15) is 0 Å². The average molecular weight is 282 g/mol. The summed E-state index contributed by atoms with van der Waals surface area (Å²) in [6.07, 6.45) is -0.271. The number of fused-ring (bicyclic) bond motifs is 1. The predicted molar refractivity (Wildman–Crippen MR) is 67.4 cm³/mol. The first-order valence-corrected chi connectivity index (χ1v) is 6.56. The molecule has 1 saturated carbocycles. The van der Waals surface area contributed by atoms with Crippen molar-refractivity contribution in [3.8, 4) is 0 Å². The summed E-state index contributed by atoms with van der Waals surface area (Å²) >= 11 is 0. The molecule has 1 heterocycles. The average Bonchev–Trinajstić information content (AvgIpc) is 2.83. The van der Waals surface area contributed by atoms with Crippen molar-refractivity contribution in [3.05, 3.63) is 35.8 Å². The molecule has 2 nitrogen and oxygen atoms in total. The smallest absolute Gasteiger partial charge is 0.248 e. The van der Waals surface area contributed by atoms with Gasteiger partial charge in [0, 0.05) is 24.1 Å². The Morgan fingerprint density at radius 2 is 1.95 bits per heavy atom. The second-order valence-corrected chi connectivity index (χ2v) is 5.26. The first kappa shape index (κ1) is 13.2. The molecule has 1 aromatic carbocycles. The van der Waals surface area contributed by atoms with Crippen molar-refractivity contribution in [1.82, 2.24) is 0 Å². The molecule has 20 heavy (non-hydrogen) atoms. The first-order valence-electron chi connectivity index (χ1n) is 6.56. The van der Waals surface area contributed by atoms with Gasteiger partial charge in [0.15, 0.2) is 17.2 Å². The van der Waals surface area contributed by atoms with Crippen LogP contribution in [0.15, 0.2) is 28.7 Å². The molecule has 0 unspecified atom stereocenters. The zero-order valence-corrected chi connectivity index (χ0v) is 10.7. The molecule has 0 N–H and O–H groups in total.